The summed E-state index contributed by atoms with van der Waals surface area (Å²) in [6.45, 7) is 7.23. The van der Waals surface area contributed by atoms with Gasteiger partial charge >= 0.3 is 0 Å². The van der Waals surface area contributed by atoms with Crippen molar-refractivity contribution in [1.29, 1.82) is 0 Å². The molecule has 0 amide bonds. The number of nitrogens with one attached hydrogen (secondary N) is 2. The lowest BCUT2D eigenvalue weighted by Crippen LogP contribution is -3.14. The summed E-state index contributed by atoms with van der Waals surface area (Å²) in [7, 11) is 0. The van der Waals surface area contributed by atoms with Gasteiger partial charge in [-0.2, -0.15) is 4.98 Å². The van der Waals surface area contributed by atoms with Crippen LogP contribution in [0.3, 0.4) is 0 Å². The van der Waals surface area contributed by atoms with E-state index in [0.29, 0.717) is 4.77 Å². The second-order valence-corrected chi connectivity index (χ2v) is 7.24. The fraction of sp³-hybridized carbons (Fsp3) is 0.300. The smallest absolute Gasteiger partial charge is 0.221 e. The number of benzene rings is 2. The van der Waals surface area contributed by atoms with E-state index in [1.165, 1.54) is 16.2 Å². The van der Waals surface area contributed by atoms with Gasteiger partial charge in [0, 0.05) is 11.3 Å². The van der Waals surface area contributed by atoms with E-state index in [-0.39, 0.29) is 0 Å². The molecule has 0 atom stereocenters. The van der Waals surface area contributed by atoms with Gasteiger partial charge in [-0.15, -0.1) is 0 Å². The van der Waals surface area contributed by atoms with Crippen molar-refractivity contribution in [3.8, 4) is 11.4 Å². The molecule has 0 radical (unpaired) electrons. The number of quaternary nitrogens is 1. The summed E-state index contributed by atoms with van der Waals surface area (Å²) in [6.07, 6.45) is 0. The number of para-hydroxylation sites is 1. The largest absolute Gasteiger partial charge is 0.360 e. The first kappa shape index (κ1) is 17.0. The minimum atomic E-state index is 0.624. The van der Waals surface area contributed by atoms with Gasteiger partial charge in [0.1, 0.15) is 0 Å². The molecule has 6 heteroatoms. The fourth-order valence-corrected chi connectivity index (χ4v) is 3.61. The lowest BCUT2D eigenvalue weighted by atomic mass is 10.1. The summed E-state index contributed by atoms with van der Waals surface area (Å²) in [4.78, 5) is 8.51. The summed E-state index contributed by atoms with van der Waals surface area (Å²) in [5.41, 5.74) is 3.63. The number of nitrogens with zero attached hydrogens (tertiary/aromatic N) is 3. The van der Waals surface area contributed by atoms with Gasteiger partial charge in [0.15, 0.2) is 12.5 Å². The highest BCUT2D eigenvalue weighted by molar-refractivity contribution is 7.71. The summed E-state index contributed by atoms with van der Waals surface area (Å²) >= 11 is 5.46. The van der Waals surface area contributed by atoms with Crippen molar-refractivity contribution in [2.45, 2.75) is 13.6 Å². The van der Waals surface area contributed by atoms with E-state index in [0.717, 1.165) is 44.2 Å². The third-order valence-electron chi connectivity index (χ3n) is 4.98. The Balaban J connectivity index is 1.41. The maximum atomic E-state index is 5.46. The zero-order valence-corrected chi connectivity index (χ0v) is 15.8. The number of H-pyrrole nitrogens is 1. The van der Waals surface area contributed by atoms with Crippen LogP contribution >= 0.6 is 12.2 Å². The van der Waals surface area contributed by atoms with Gasteiger partial charge in [0.05, 0.1) is 26.2 Å². The minimum absolute atomic E-state index is 0.624. The number of anilines is 1. The van der Waals surface area contributed by atoms with Crippen molar-refractivity contribution < 1.29 is 4.90 Å². The molecule has 0 bridgehead atoms. The van der Waals surface area contributed by atoms with Crippen molar-refractivity contribution in [3.63, 3.8) is 0 Å². The lowest BCUT2D eigenvalue weighted by Gasteiger charge is -2.33. The molecule has 0 saturated carbocycles. The van der Waals surface area contributed by atoms with Gasteiger partial charge < -0.3 is 9.80 Å². The first-order valence-electron chi connectivity index (χ1n) is 9.06. The van der Waals surface area contributed by atoms with Crippen LogP contribution in [-0.4, -0.2) is 40.9 Å². The zero-order chi connectivity index (χ0) is 17.9. The van der Waals surface area contributed by atoms with E-state index in [1.54, 1.807) is 0 Å². The van der Waals surface area contributed by atoms with E-state index in [2.05, 4.69) is 76.5 Å². The van der Waals surface area contributed by atoms with E-state index in [1.807, 2.05) is 4.68 Å². The van der Waals surface area contributed by atoms with Crippen LogP contribution in [0.4, 0.5) is 5.69 Å². The van der Waals surface area contributed by atoms with Gasteiger partial charge in [0.25, 0.3) is 0 Å². The summed E-state index contributed by atoms with van der Waals surface area (Å²) in [6, 6.07) is 19.0. The lowest BCUT2D eigenvalue weighted by molar-refractivity contribution is -0.924. The number of aryl methyl sites for hydroxylation is 1. The summed E-state index contributed by atoms with van der Waals surface area (Å²) < 4.78 is 2.62. The maximum absolute atomic E-state index is 5.46. The molecule has 0 aliphatic carbocycles. The molecular weight excluding hydrogens is 342 g/mol. The van der Waals surface area contributed by atoms with E-state index < -0.39 is 0 Å². The number of aromatic nitrogens is 3. The Morgan fingerprint density at radius 1 is 1.04 bits per heavy atom. The number of aromatic amines is 1. The number of hydrogen-bond acceptors (Lipinski definition) is 3. The SMILES string of the molecule is Cc1ccc(-c2nc(=S)n(C[NH+]3CCN(c4ccccc4)CC3)[nH]2)cc1. The Morgan fingerprint density at radius 2 is 1.73 bits per heavy atom. The highest BCUT2D eigenvalue weighted by Crippen LogP contribution is 2.15. The average molecular weight is 367 g/mol. The fourth-order valence-electron chi connectivity index (χ4n) is 3.41. The molecule has 2 aromatic carbocycles. The van der Waals surface area contributed by atoms with Crippen LogP contribution in [0.5, 0.6) is 0 Å². The third-order valence-corrected chi connectivity index (χ3v) is 5.29. The van der Waals surface area contributed by atoms with E-state index in [4.69, 9.17) is 12.2 Å². The molecule has 4 rings (SSSR count). The van der Waals surface area contributed by atoms with Gasteiger partial charge in [-0.1, -0.05) is 48.0 Å². The van der Waals surface area contributed by atoms with Gasteiger partial charge in [-0.05, 0) is 31.3 Å². The van der Waals surface area contributed by atoms with Crippen molar-refractivity contribution in [2.75, 3.05) is 31.1 Å². The number of piperazine rings is 1. The highest BCUT2D eigenvalue weighted by atomic mass is 32.1. The number of rotatable bonds is 4. The van der Waals surface area contributed by atoms with Crippen molar-refractivity contribution >= 4 is 17.9 Å². The predicted molar refractivity (Wildman–Crippen MR) is 107 cm³/mol. The molecule has 5 nitrogen and oxygen atoms in total. The van der Waals surface area contributed by atoms with Crippen molar-refractivity contribution in [1.82, 2.24) is 14.8 Å². The Labute approximate surface area is 158 Å². The molecule has 2 N–H and O–H groups in total. The molecular formula is C20H24N5S+. The second-order valence-electron chi connectivity index (χ2n) is 6.88. The van der Waals surface area contributed by atoms with Crippen LogP contribution in [0, 0.1) is 11.7 Å². The van der Waals surface area contributed by atoms with Gasteiger partial charge in [0.2, 0.25) is 4.77 Å². The summed E-state index contributed by atoms with van der Waals surface area (Å²) in [5.74, 6) is 0.845. The molecule has 0 spiro atoms. The second kappa shape index (κ2) is 7.43. The minimum Gasteiger partial charge on any atom is -0.360 e. The summed E-state index contributed by atoms with van der Waals surface area (Å²) in [5, 5.41) is 3.37. The van der Waals surface area contributed by atoms with Crippen LogP contribution in [0.25, 0.3) is 11.4 Å². The van der Waals surface area contributed by atoms with Crippen molar-refractivity contribution in [2.24, 2.45) is 0 Å². The highest BCUT2D eigenvalue weighted by Gasteiger charge is 2.21. The Hall–Kier alpha value is -2.44. The molecule has 26 heavy (non-hydrogen) atoms. The third kappa shape index (κ3) is 3.71. The molecule has 0 unspecified atom stereocenters. The van der Waals surface area contributed by atoms with Crippen LogP contribution < -0.4 is 9.80 Å². The predicted octanol–water partition coefficient (Wildman–Crippen LogP) is 2.28. The molecule has 1 aromatic heterocycles. The van der Waals surface area contributed by atoms with E-state index in [9.17, 15) is 0 Å². The standard InChI is InChI=1S/C20H23N5S/c1-16-7-9-17(10-8-16)19-21-20(26)25(22-19)15-23-11-13-24(14-12-23)18-5-3-2-4-6-18/h2-10H,11-15H2,1H3,(H,21,22,26)/p+1. The molecule has 1 saturated heterocycles. The van der Waals surface area contributed by atoms with Crippen molar-refractivity contribution in [3.05, 3.63) is 64.9 Å². The molecule has 1 aliphatic rings. The first-order chi connectivity index (χ1) is 12.7. The van der Waals surface area contributed by atoms with Gasteiger partial charge in [-0.3, -0.25) is 5.10 Å². The van der Waals surface area contributed by atoms with Crippen LogP contribution in [0.1, 0.15) is 5.56 Å². The Kier molecular flexibility index (Phi) is 4.86. The molecule has 1 aliphatic heterocycles. The topological polar surface area (TPSA) is 41.3 Å². The maximum Gasteiger partial charge on any atom is 0.221 e. The molecule has 2 heterocycles. The Morgan fingerprint density at radius 3 is 2.42 bits per heavy atom. The monoisotopic (exact) mass is 366 g/mol. The average Bonchev–Trinajstić information content (AvgIpc) is 3.04. The quantitative estimate of drug-likeness (QED) is 0.696. The molecule has 134 valence electrons. The number of hydrogen-bond donors (Lipinski definition) is 2. The van der Waals surface area contributed by atoms with E-state index >= 15 is 0 Å². The Bertz CT molecular complexity index is 905. The van der Waals surface area contributed by atoms with Crippen LogP contribution in [0.2, 0.25) is 0 Å². The first-order valence-corrected chi connectivity index (χ1v) is 9.47. The zero-order valence-electron chi connectivity index (χ0n) is 15.0. The van der Waals surface area contributed by atoms with Crippen LogP contribution in [0.15, 0.2) is 54.6 Å². The van der Waals surface area contributed by atoms with Crippen LogP contribution in [-0.2, 0) is 6.67 Å². The molecule has 1 fully saturated rings. The molecule has 3 aromatic rings. The van der Waals surface area contributed by atoms with Gasteiger partial charge in [-0.25, -0.2) is 4.68 Å². The normalized spacial score (nSPS) is 15.3.